The molecule has 0 spiro atoms. The Kier molecular flexibility index (Phi) is 4.62. The summed E-state index contributed by atoms with van der Waals surface area (Å²) >= 11 is 3.43. The van der Waals surface area contributed by atoms with E-state index in [1.807, 2.05) is 44.5 Å². The average Bonchev–Trinajstić information content (AvgIpc) is 2.82. The fourth-order valence-corrected chi connectivity index (χ4v) is 3.42. The molecule has 2 aromatic heterocycles. The van der Waals surface area contributed by atoms with Gasteiger partial charge in [-0.25, -0.2) is 9.78 Å². The van der Waals surface area contributed by atoms with Crippen LogP contribution in [0.4, 0.5) is 4.79 Å². The normalized spacial score (nSPS) is 18.7. The van der Waals surface area contributed by atoms with Gasteiger partial charge in [0.1, 0.15) is 11.2 Å². The fraction of sp³-hybridized carbons (Fsp3) is 0.500. The predicted molar refractivity (Wildman–Crippen MR) is 98.6 cm³/mol. The second-order valence-electron chi connectivity index (χ2n) is 7.42. The van der Waals surface area contributed by atoms with Gasteiger partial charge in [0, 0.05) is 28.8 Å². The highest BCUT2D eigenvalue weighted by Gasteiger charge is 2.33. The molecule has 1 atom stereocenters. The number of ketones is 1. The zero-order chi connectivity index (χ0) is 18.4. The zero-order valence-corrected chi connectivity index (χ0v) is 16.5. The van der Waals surface area contributed by atoms with Gasteiger partial charge in [-0.15, -0.1) is 0 Å². The van der Waals surface area contributed by atoms with Gasteiger partial charge in [0.05, 0.1) is 12.6 Å². The van der Waals surface area contributed by atoms with E-state index < -0.39 is 11.7 Å². The van der Waals surface area contributed by atoms with Gasteiger partial charge < -0.3 is 14.2 Å². The van der Waals surface area contributed by atoms with Gasteiger partial charge in [-0.1, -0.05) is 0 Å². The van der Waals surface area contributed by atoms with Gasteiger partial charge in [-0.3, -0.25) is 4.79 Å². The summed E-state index contributed by atoms with van der Waals surface area (Å²) in [5, 5.41) is 1.02. The number of aromatic nitrogens is 2. The van der Waals surface area contributed by atoms with Crippen molar-refractivity contribution in [2.45, 2.75) is 45.8 Å². The molecule has 0 radical (unpaired) electrons. The lowest BCUT2D eigenvalue weighted by Gasteiger charge is -2.33. The van der Waals surface area contributed by atoms with Crippen LogP contribution in [0, 0.1) is 6.92 Å². The van der Waals surface area contributed by atoms with Crippen molar-refractivity contribution in [2.24, 2.45) is 0 Å². The van der Waals surface area contributed by atoms with Crippen molar-refractivity contribution in [1.82, 2.24) is 14.5 Å². The highest BCUT2D eigenvalue weighted by Crippen LogP contribution is 2.29. The first-order valence-corrected chi connectivity index (χ1v) is 9.08. The maximum absolute atomic E-state index is 12.7. The Labute approximate surface area is 155 Å². The van der Waals surface area contributed by atoms with E-state index in [0.29, 0.717) is 13.0 Å². The number of fused-ring (bicyclic) bond motifs is 1. The first-order valence-electron chi connectivity index (χ1n) is 8.29. The van der Waals surface area contributed by atoms with E-state index in [9.17, 15) is 9.59 Å². The number of carbonyl (C=O) groups excluding carboxylic acids is 2. The molecule has 0 aromatic carbocycles. The summed E-state index contributed by atoms with van der Waals surface area (Å²) in [6, 6.07) is 1.71. The highest BCUT2D eigenvalue weighted by molar-refractivity contribution is 9.10. The number of aryl methyl sites for hydroxylation is 1. The number of pyridine rings is 1. The summed E-state index contributed by atoms with van der Waals surface area (Å²) in [7, 11) is 0. The molecule has 7 heteroatoms. The molecule has 25 heavy (non-hydrogen) atoms. The molecule has 1 aliphatic heterocycles. The smallest absolute Gasteiger partial charge is 0.410 e. The van der Waals surface area contributed by atoms with Crippen molar-refractivity contribution in [2.75, 3.05) is 13.1 Å². The standard InChI is InChI=1S/C18H22BrN3O3/c1-11-9-22(16-13(11)7-12(19)8-20-16)14-5-6-21(10-15(14)23)17(24)25-18(2,3)4/h7-9,14H,5-6,10H2,1-4H3. The van der Waals surface area contributed by atoms with E-state index in [-0.39, 0.29) is 18.4 Å². The molecular formula is C18H22BrN3O3. The number of halogens is 1. The molecule has 6 nitrogen and oxygen atoms in total. The largest absolute Gasteiger partial charge is 0.444 e. The lowest BCUT2D eigenvalue weighted by molar-refractivity contribution is -0.125. The second-order valence-corrected chi connectivity index (χ2v) is 8.33. The van der Waals surface area contributed by atoms with Crippen LogP contribution in [0.25, 0.3) is 11.0 Å². The van der Waals surface area contributed by atoms with Crippen LogP contribution in [0.15, 0.2) is 22.9 Å². The fourth-order valence-electron chi connectivity index (χ4n) is 3.09. The molecule has 1 fully saturated rings. The van der Waals surface area contributed by atoms with Crippen LogP contribution in [-0.4, -0.2) is 45.0 Å². The number of carbonyl (C=O) groups is 2. The summed E-state index contributed by atoms with van der Waals surface area (Å²) in [5.74, 6) is -0.00118. The Morgan fingerprint density at radius 2 is 2.12 bits per heavy atom. The van der Waals surface area contributed by atoms with E-state index in [1.54, 1.807) is 6.20 Å². The third kappa shape index (κ3) is 3.71. The van der Waals surface area contributed by atoms with Gasteiger partial charge in [-0.05, 0) is 61.7 Å². The zero-order valence-electron chi connectivity index (χ0n) is 14.9. The number of hydrogen-bond acceptors (Lipinski definition) is 4. The Morgan fingerprint density at radius 1 is 1.40 bits per heavy atom. The van der Waals surface area contributed by atoms with Crippen LogP contribution in [-0.2, 0) is 9.53 Å². The lowest BCUT2D eigenvalue weighted by Crippen LogP contribution is -2.46. The molecule has 3 rings (SSSR count). The third-order valence-electron chi connectivity index (χ3n) is 4.21. The first kappa shape index (κ1) is 17.9. The third-order valence-corrected chi connectivity index (χ3v) is 4.65. The maximum atomic E-state index is 12.7. The van der Waals surface area contributed by atoms with Crippen LogP contribution in [0.3, 0.4) is 0 Å². The number of piperidine rings is 1. The molecule has 3 heterocycles. The minimum Gasteiger partial charge on any atom is -0.444 e. The highest BCUT2D eigenvalue weighted by atomic mass is 79.9. The molecule has 1 saturated heterocycles. The van der Waals surface area contributed by atoms with Gasteiger partial charge >= 0.3 is 6.09 Å². The van der Waals surface area contributed by atoms with E-state index >= 15 is 0 Å². The summed E-state index contributed by atoms with van der Waals surface area (Å²) in [6.45, 7) is 8.01. The Bertz CT molecular complexity index is 838. The molecule has 1 unspecified atom stereocenters. The number of nitrogens with zero attached hydrogens (tertiary/aromatic N) is 3. The number of rotatable bonds is 1. The van der Waals surface area contributed by atoms with Crippen LogP contribution in [0.1, 0.15) is 38.8 Å². The molecule has 0 saturated carbocycles. The topological polar surface area (TPSA) is 64.4 Å². The summed E-state index contributed by atoms with van der Waals surface area (Å²) in [5.41, 5.74) is 1.30. The van der Waals surface area contributed by atoms with Gasteiger partial charge in [0.2, 0.25) is 0 Å². The number of likely N-dealkylation sites (tertiary alicyclic amines) is 1. The number of ether oxygens (including phenoxy) is 1. The number of Topliss-reactive ketones (excluding diaryl/α,β-unsaturated/α-hetero) is 1. The minimum absolute atomic E-state index is 0.00118. The van der Waals surface area contributed by atoms with E-state index in [0.717, 1.165) is 21.1 Å². The van der Waals surface area contributed by atoms with Gasteiger partial charge in [0.25, 0.3) is 0 Å². The monoisotopic (exact) mass is 407 g/mol. The Balaban J connectivity index is 1.81. The van der Waals surface area contributed by atoms with Crippen molar-refractivity contribution >= 4 is 38.8 Å². The molecule has 1 aliphatic rings. The summed E-state index contributed by atoms with van der Waals surface area (Å²) in [4.78, 5) is 30.8. The maximum Gasteiger partial charge on any atom is 0.410 e. The molecule has 0 aliphatic carbocycles. The van der Waals surface area contributed by atoms with Crippen LogP contribution in [0.5, 0.6) is 0 Å². The van der Waals surface area contributed by atoms with Crippen molar-refractivity contribution in [3.05, 3.63) is 28.5 Å². The van der Waals surface area contributed by atoms with Crippen molar-refractivity contribution in [3.8, 4) is 0 Å². The van der Waals surface area contributed by atoms with E-state index in [4.69, 9.17) is 4.74 Å². The molecule has 1 amide bonds. The van der Waals surface area contributed by atoms with Crippen molar-refractivity contribution in [1.29, 1.82) is 0 Å². The lowest BCUT2D eigenvalue weighted by atomic mass is 10.0. The van der Waals surface area contributed by atoms with Crippen LogP contribution < -0.4 is 0 Å². The molecular weight excluding hydrogens is 386 g/mol. The van der Waals surface area contributed by atoms with Gasteiger partial charge in [0.15, 0.2) is 5.78 Å². The first-order chi connectivity index (χ1) is 11.7. The average molecular weight is 408 g/mol. The van der Waals surface area contributed by atoms with Crippen LogP contribution >= 0.6 is 15.9 Å². The summed E-state index contributed by atoms with van der Waals surface area (Å²) < 4.78 is 8.21. The molecule has 134 valence electrons. The number of hydrogen-bond donors (Lipinski definition) is 0. The minimum atomic E-state index is -0.567. The molecule has 0 bridgehead atoms. The summed E-state index contributed by atoms with van der Waals surface area (Å²) in [6.07, 6.45) is 3.82. The Hall–Kier alpha value is -1.89. The second kappa shape index (κ2) is 6.44. The SMILES string of the molecule is Cc1cn(C2CCN(C(=O)OC(C)(C)C)CC2=O)c2ncc(Br)cc12. The molecule has 2 aromatic rings. The predicted octanol–water partition coefficient (Wildman–Crippen LogP) is 3.86. The van der Waals surface area contributed by atoms with Gasteiger partial charge in [-0.2, -0.15) is 0 Å². The number of amides is 1. The molecule has 0 N–H and O–H groups in total. The van der Waals surface area contributed by atoms with Crippen molar-refractivity contribution < 1.29 is 14.3 Å². The van der Waals surface area contributed by atoms with E-state index in [1.165, 1.54) is 4.90 Å². The van der Waals surface area contributed by atoms with Crippen LogP contribution in [0.2, 0.25) is 0 Å². The van der Waals surface area contributed by atoms with E-state index in [2.05, 4.69) is 20.9 Å². The van der Waals surface area contributed by atoms with Crippen molar-refractivity contribution in [3.63, 3.8) is 0 Å². The quantitative estimate of drug-likeness (QED) is 0.719. The Morgan fingerprint density at radius 3 is 2.76 bits per heavy atom.